The number of primary amides is 1. The van der Waals surface area contributed by atoms with Crippen molar-refractivity contribution < 1.29 is 15.0 Å². The van der Waals surface area contributed by atoms with Crippen LogP contribution in [0.3, 0.4) is 0 Å². The van der Waals surface area contributed by atoms with Crippen molar-refractivity contribution in [2.75, 3.05) is 5.32 Å². The molecule has 1 unspecified atom stereocenters. The Bertz CT molecular complexity index is 653. The maximum atomic E-state index is 11.9. The number of anilines is 1. The number of aromatic hydroxyl groups is 2. The van der Waals surface area contributed by atoms with Crippen molar-refractivity contribution in [1.82, 2.24) is 0 Å². The minimum atomic E-state index is -1.30. The SMILES string of the molecule is CC(Nc1ccc(Cl)cc1)(C(N)=O)c1cc(O)cc(O)c1. The number of nitrogens with one attached hydrogen (secondary N) is 1. The van der Waals surface area contributed by atoms with Crippen LogP contribution in [-0.2, 0) is 10.3 Å². The summed E-state index contributed by atoms with van der Waals surface area (Å²) in [7, 11) is 0. The highest BCUT2D eigenvalue weighted by Crippen LogP contribution is 2.31. The van der Waals surface area contributed by atoms with Gasteiger partial charge >= 0.3 is 0 Å². The van der Waals surface area contributed by atoms with E-state index >= 15 is 0 Å². The third-order valence-corrected chi connectivity index (χ3v) is 3.46. The maximum Gasteiger partial charge on any atom is 0.247 e. The predicted octanol–water partition coefficient (Wildman–Crippen LogP) is 2.56. The zero-order valence-corrected chi connectivity index (χ0v) is 12.1. The van der Waals surface area contributed by atoms with Gasteiger partial charge in [-0.15, -0.1) is 0 Å². The van der Waals surface area contributed by atoms with Gasteiger partial charge in [0.15, 0.2) is 0 Å². The molecule has 110 valence electrons. The second-order valence-corrected chi connectivity index (χ2v) is 5.30. The fraction of sp³-hybridized carbons (Fsp3) is 0.133. The summed E-state index contributed by atoms with van der Waals surface area (Å²) in [5.74, 6) is -0.965. The van der Waals surface area contributed by atoms with E-state index in [1.807, 2.05) is 0 Å². The molecule has 0 fully saturated rings. The first-order valence-corrected chi connectivity index (χ1v) is 6.56. The average Bonchev–Trinajstić information content (AvgIpc) is 2.40. The monoisotopic (exact) mass is 306 g/mol. The number of nitrogens with two attached hydrogens (primary N) is 1. The number of phenolic OH excluding ortho intramolecular Hbond substituents is 2. The van der Waals surface area contributed by atoms with Crippen LogP contribution in [0.25, 0.3) is 0 Å². The van der Waals surface area contributed by atoms with E-state index in [0.717, 1.165) is 0 Å². The van der Waals surface area contributed by atoms with Crippen LogP contribution in [0.4, 0.5) is 5.69 Å². The first-order chi connectivity index (χ1) is 9.81. The molecule has 2 aromatic rings. The zero-order chi connectivity index (χ0) is 15.6. The lowest BCUT2D eigenvalue weighted by molar-refractivity contribution is -0.122. The summed E-state index contributed by atoms with van der Waals surface area (Å²) in [6, 6.07) is 10.7. The standard InChI is InChI=1S/C15H15ClN2O3/c1-15(14(17)21,9-6-12(19)8-13(20)7-9)18-11-4-2-10(16)3-5-11/h2-8,18-20H,1H3,(H2,17,21). The number of phenols is 2. The largest absolute Gasteiger partial charge is 0.508 e. The Morgan fingerprint density at radius 3 is 2.14 bits per heavy atom. The van der Waals surface area contributed by atoms with Crippen LogP contribution < -0.4 is 11.1 Å². The molecule has 0 saturated heterocycles. The van der Waals surface area contributed by atoms with E-state index in [1.165, 1.54) is 18.2 Å². The topological polar surface area (TPSA) is 95.6 Å². The van der Waals surface area contributed by atoms with Gasteiger partial charge in [0, 0.05) is 16.8 Å². The third kappa shape index (κ3) is 3.20. The molecule has 0 aliphatic rings. The first kappa shape index (κ1) is 15.0. The molecule has 6 heteroatoms. The minimum absolute atomic E-state index is 0.157. The summed E-state index contributed by atoms with van der Waals surface area (Å²) in [4.78, 5) is 11.9. The Morgan fingerprint density at radius 1 is 1.14 bits per heavy atom. The molecule has 2 aromatic carbocycles. The summed E-state index contributed by atoms with van der Waals surface area (Å²) in [6.07, 6.45) is 0. The molecular weight excluding hydrogens is 292 g/mol. The molecule has 0 aromatic heterocycles. The smallest absolute Gasteiger partial charge is 0.247 e. The van der Waals surface area contributed by atoms with E-state index in [1.54, 1.807) is 31.2 Å². The summed E-state index contributed by atoms with van der Waals surface area (Å²) in [5.41, 5.74) is 5.17. The van der Waals surface area contributed by atoms with Crippen LogP contribution in [0.1, 0.15) is 12.5 Å². The van der Waals surface area contributed by atoms with Crippen molar-refractivity contribution in [3.63, 3.8) is 0 Å². The maximum absolute atomic E-state index is 11.9. The van der Waals surface area contributed by atoms with Crippen LogP contribution in [-0.4, -0.2) is 16.1 Å². The zero-order valence-electron chi connectivity index (χ0n) is 11.3. The van der Waals surface area contributed by atoms with Gasteiger partial charge in [0.2, 0.25) is 5.91 Å². The van der Waals surface area contributed by atoms with Crippen molar-refractivity contribution in [2.45, 2.75) is 12.5 Å². The molecule has 5 nitrogen and oxygen atoms in total. The number of carbonyl (C=O) groups is 1. The predicted molar refractivity (Wildman–Crippen MR) is 81.4 cm³/mol. The highest BCUT2D eigenvalue weighted by atomic mass is 35.5. The van der Waals surface area contributed by atoms with Crippen molar-refractivity contribution in [3.05, 3.63) is 53.1 Å². The second-order valence-electron chi connectivity index (χ2n) is 4.86. The Labute approximate surface area is 127 Å². The van der Waals surface area contributed by atoms with Gasteiger partial charge in [-0.05, 0) is 48.9 Å². The summed E-state index contributed by atoms with van der Waals surface area (Å²) >= 11 is 5.82. The van der Waals surface area contributed by atoms with E-state index in [0.29, 0.717) is 16.3 Å². The molecule has 0 bridgehead atoms. The van der Waals surface area contributed by atoms with Gasteiger partial charge < -0.3 is 21.3 Å². The van der Waals surface area contributed by atoms with Gasteiger partial charge in [-0.2, -0.15) is 0 Å². The van der Waals surface area contributed by atoms with Crippen molar-refractivity contribution in [2.24, 2.45) is 5.73 Å². The number of halogens is 1. The third-order valence-electron chi connectivity index (χ3n) is 3.21. The van der Waals surface area contributed by atoms with E-state index in [2.05, 4.69) is 5.32 Å². The number of hydrogen-bond donors (Lipinski definition) is 4. The van der Waals surface area contributed by atoms with E-state index in [-0.39, 0.29) is 11.5 Å². The van der Waals surface area contributed by atoms with Crippen LogP contribution in [0.15, 0.2) is 42.5 Å². The summed E-state index contributed by atoms with van der Waals surface area (Å²) < 4.78 is 0. The summed E-state index contributed by atoms with van der Waals surface area (Å²) in [5, 5.41) is 22.7. The molecule has 2 rings (SSSR count). The molecule has 0 saturated carbocycles. The van der Waals surface area contributed by atoms with Crippen molar-refractivity contribution >= 4 is 23.2 Å². The second kappa shape index (κ2) is 5.54. The quantitative estimate of drug-likeness (QED) is 0.698. The molecule has 0 spiro atoms. The molecular formula is C15H15ClN2O3. The van der Waals surface area contributed by atoms with Crippen LogP contribution >= 0.6 is 11.6 Å². The highest BCUT2D eigenvalue weighted by Gasteiger charge is 2.34. The molecule has 0 aliphatic heterocycles. The van der Waals surface area contributed by atoms with Gasteiger partial charge in [0.05, 0.1) is 0 Å². The molecule has 1 atom stereocenters. The Kier molecular flexibility index (Phi) is 3.95. The lowest BCUT2D eigenvalue weighted by Crippen LogP contribution is -2.45. The van der Waals surface area contributed by atoms with Crippen LogP contribution in [0.5, 0.6) is 11.5 Å². The van der Waals surface area contributed by atoms with Crippen molar-refractivity contribution in [1.29, 1.82) is 0 Å². The van der Waals surface area contributed by atoms with Gasteiger partial charge in [0.25, 0.3) is 0 Å². The molecule has 0 heterocycles. The normalized spacial score (nSPS) is 13.4. The van der Waals surface area contributed by atoms with Gasteiger partial charge in [0.1, 0.15) is 17.0 Å². The van der Waals surface area contributed by atoms with Gasteiger partial charge in [-0.25, -0.2) is 0 Å². The molecule has 0 aliphatic carbocycles. The minimum Gasteiger partial charge on any atom is -0.508 e. The lowest BCUT2D eigenvalue weighted by atomic mass is 9.90. The Morgan fingerprint density at radius 2 is 1.67 bits per heavy atom. The number of amides is 1. The number of benzene rings is 2. The number of carbonyl (C=O) groups excluding carboxylic acids is 1. The van der Waals surface area contributed by atoms with Crippen molar-refractivity contribution in [3.8, 4) is 11.5 Å². The average molecular weight is 307 g/mol. The number of hydrogen-bond acceptors (Lipinski definition) is 4. The molecule has 0 radical (unpaired) electrons. The fourth-order valence-electron chi connectivity index (χ4n) is 1.98. The molecule has 5 N–H and O–H groups in total. The van der Waals surface area contributed by atoms with E-state index in [9.17, 15) is 15.0 Å². The Balaban J connectivity index is 2.44. The van der Waals surface area contributed by atoms with E-state index < -0.39 is 11.4 Å². The fourth-order valence-corrected chi connectivity index (χ4v) is 2.11. The number of rotatable bonds is 4. The van der Waals surface area contributed by atoms with Gasteiger partial charge in [-0.1, -0.05) is 11.6 Å². The first-order valence-electron chi connectivity index (χ1n) is 6.18. The van der Waals surface area contributed by atoms with Crippen LogP contribution in [0.2, 0.25) is 5.02 Å². The Hall–Kier alpha value is -2.40. The summed E-state index contributed by atoms with van der Waals surface area (Å²) in [6.45, 7) is 1.57. The molecule has 1 amide bonds. The molecule has 21 heavy (non-hydrogen) atoms. The van der Waals surface area contributed by atoms with Gasteiger partial charge in [-0.3, -0.25) is 4.79 Å². The highest BCUT2D eigenvalue weighted by molar-refractivity contribution is 6.30. The lowest BCUT2D eigenvalue weighted by Gasteiger charge is -2.29. The van der Waals surface area contributed by atoms with E-state index in [4.69, 9.17) is 17.3 Å². The van der Waals surface area contributed by atoms with Crippen LogP contribution in [0, 0.1) is 0 Å².